The molecule has 274 valence electrons. The van der Waals surface area contributed by atoms with Crippen LogP contribution in [0.4, 0.5) is 11.4 Å². The molecule has 12 heteroatoms. The van der Waals surface area contributed by atoms with Crippen molar-refractivity contribution in [2.45, 2.75) is 101 Å². The number of aromatic nitrogens is 4. The van der Waals surface area contributed by atoms with Crippen molar-refractivity contribution in [1.82, 2.24) is 25.1 Å². The lowest BCUT2D eigenvalue weighted by Crippen LogP contribution is -2.37. The maximum absolute atomic E-state index is 13.9. The van der Waals surface area contributed by atoms with E-state index in [2.05, 4.69) is 85.5 Å². The van der Waals surface area contributed by atoms with Gasteiger partial charge < -0.3 is 15.0 Å². The first-order valence-electron chi connectivity index (χ1n) is 18.4. The van der Waals surface area contributed by atoms with Gasteiger partial charge in [-0.2, -0.15) is 14.8 Å². The molecule has 1 N–H and O–H groups in total. The number of amides is 2. The highest BCUT2D eigenvalue weighted by Crippen LogP contribution is 2.39. The number of hydrogen-bond acceptors (Lipinski definition) is 9. The molecule has 2 aliphatic rings. The Hall–Kier alpha value is -4.71. The van der Waals surface area contributed by atoms with Crippen LogP contribution >= 0.6 is 11.8 Å². The molecule has 0 aliphatic carbocycles. The largest absolute Gasteiger partial charge is 0.493 e. The summed E-state index contributed by atoms with van der Waals surface area (Å²) in [6.45, 7) is 15.6. The van der Waals surface area contributed by atoms with Gasteiger partial charge in [-0.1, -0.05) is 83.6 Å². The summed E-state index contributed by atoms with van der Waals surface area (Å²) in [5, 5.41) is 21.5. The number of nitrogens with one attached hydrogen (secondary N) is 1. The zero-order valence-corrected chi connectivity index (χ0v) is 31.9. The van der Waals surface area contributed by atoms with Gasteiger partial charge in [-0.05, 0) is 101 Å². The maximum atomic E-state index is 13.9. The summed E-state index contributed by atoms with van der Waals surface area (Å²) in [4.78, 5) is 29.0. The molecule has 2 amide bonds. The first-order chi connectivity index (χ1) is 25.0. The molecule has 52 heavy (non-hydrogen) atoms. The quantitative estimate of drug-likeness (QED) is 0.131. The number of ether oxygens (including phenoxy) is 1. The molecular formula is C40H50N8O3S. The van der Waals surface area contributed by atoms with Gasteiger partial charge in [0.05, 0.1) is 18.0 Å². The van der Waals surface area contributed by atoms with E-state index in [1.165, 1.54) is 27.9 Å². The number of likely N-dealkylation sites (tertiary alicyclic amines) is 1. The number of carbonyl (C=O) groups is 2. The molecule has 1 atom stereocenters. The third-order valence-corrected chi connectivity index (χ3v) is 11.5. The van der Waals surface area contributed by atoms with Crippen molar-refractivity contribution in [2.24, 2.45) is 5.10 Å². The molecule has 0 unspecified atom stereocenters. The van der Waals surface area contributed by atoms with Crippen LogP contribution in [0.25, 0.3) is 5.69 Å². The first-order valence-corrected chi connectivity index (χ1v) is 19.2. The molecule has 6 rings (SSSR count). The second-order valence-corrected chi connectivity index (χ2v) is 15.8. The molecule has 0 saturated carbocycles. The predicted octanol–water partition coefficient (Wildman–Crippen LogP) is 7.75. The van der Waals surface area contributed by atoms with Crippen LogP contribution in [0.5, 0.6) is 5.75 Å². The summed E-state index contributed by atoms with van der Waals surface area (Å²) in [6, 6.07) is 23.4. The monoisotopic (exact) mass is 722 g/mol. The molecule has 0 bridgehead atoms. The molecule has 1 aromatic heterocycles. The molecule has 4 aromatic rings. The Bertz CT molecular complexity index is 1880. The normalized spacial score (nSPS) is 16.4. The van der Waals surface area contributed by atoms with Crippen LogP contribution in [-0.2, 0) is 20.4 Å². The molecule has 0 radical (unpaired) electrons. The highest BCUT2D eigenvalue weighted by molar-refractivity contribution is 8.01. The number of rotatable bonds is 14. The van der Waals surface area contributed by atoms with Crippen LogP contribution in [0.3, 0.4) is 0 Å². The van der Waals surface area contributed by atoms with E-state index in [0.717, 1.165) is 50.2 Å². The lowest BCUT2D eigenvalue weighted by Gasteiger charge is -2.30. The second kappa shape index (κ2) is 15.9. The number of hydrazone groups is 1. The minimum Gasteiger partial charge on any atom is -0.493 e. The Labute approximate surface area is 311 Å². The highest BCUT2D eigenvalue weighted by Gasteiger charge is 2.42. The molecule has 0 spiro atoms. The molecule has 2 aliphatic heterocycles. The Kier molecular flexibility index (Phi) is 11.3. The van der Waals surface area contributed by atoms with Crippen molar-refractivity contribution in [3.05, 3.63) is 83.9 Å². The number of anilines is 2. The summed E-state index contributed by atoms with van der Waals surface area (Å²) in [7, 11) is 0. The molecule has 11 nitrogen and oxygen atoms in total. The predicted molar refractivity (Wildman–Crippen MR) is 207 cm³/mol. The number of amidine groups is 1. The number of carbonyl (C=O) groups excluding carboxylic acids is 2. The van der Waals surface area contributed by atoms with Crippen molar-refractivity contribution in [3.63, 3.8) is 0 Å². The van der Waals surface area contributed by atoms with E-state index in [9.17, 15) is 9.59 Å². The topological polar surface area (TPSA) is 118 Å². The van der Waals surface area contributed by atoms with Crippen molar-refractivity contribution in [3.8, 4) is 11.4 Å². The number of nitrogens with zero attached hydrogens (tertiary/aromatic N) is 7. The van der Waals surface area contributed by atoms with Crippen LogP contribution < -0.4 is 15.1 Å². The Balaban J connectivity index is 1.07. The summed E-state index contributed by atoms with van der Waals surface area (Å²) in [5.41, 5.74) is 4.68. The van der Waals surface area contributed by atoms with Gasteiger partial charge in [0.1, 0.15) is 11.6 Å². The van der Waals surface area contributed by atoms with Gasteiger partial charge in [0.2, 0.25) is 11.1 Å². The second-order valence-electron chi connectivity index (χ2n) is 14.7. The zero-order valence-electron chi connectivity index (χ0n) is 31.1. The van der Waals surface area contributed by atoms with Gasteiger partial charge in [-0.15, -0.1) is 5.10 Å². The average molecular weight is 723 g/mol. The van der Waals surface area contributed by atoms with Crippen LogP contribution in [0.15, 0.2) is 83.1 Å². The van der Waals surface area contributed by atoms with E-state index in [1.54, 1.807) is 16.8 Å². The summed E-state index contributed by atoms with van der Waals surface area (Å²) in [6.07, 6.45) is 5.06. The summed E-state index contributed by atoms with van der Waals surface area (Å²) in [5.74, 6) is 1.34. The fourth-order valence-corrected chi connectivity index (χ4v) is 7.34. The lowest BCUT2D eigenvalue weighted by molar-refractivity contribution is -0.117. The van der Waals surface area contributed by atoms with Gasteiger partial charge >= 0.3 is 0 Å². The average Bonchev–Trinajstić information content (AvgIpc) is 3.93. The summed E-state index contributed by atoms with van der Waals surface area (Å²) < 4.78 is 7.92. The Morgan fingerprint density at radius 3 is 2.33 bits per heavy atom. The van der Waals surface area contributed by atoms with Crippen LogP contribution in [-0.4, -0.2) is 67.7 Å². The van der Waals surface area contributed by atoms with E-state index in [4.69, 9.17) is 9.84 Å². The molecule has 1 fully saturated rings. The van der Waals surface area contributed by atoms with Gasteiger partial charge in [0, 0.05) is 30.8 Å². The number of benzene rings is 3. The number of hydrogen-bond donors (Lipinski definition) is 1. The fraction of sp³-hybridized carbons (Fsp3) is 0.450. The van der Waals surface area contributed by atoms with Crippen LogP contribution in [0.2, 0.25) is 0 Å². The van der Waals surface area contributed by atoms with Gasteiger partial charge in [-0.25, -0.2) is 0 Å². The van der Waals surface area contributed by atoms with Crippen molar-refractivity contribution >= 4 is 40.8 Å². The molecule has 1 saturated heterocycles. The van der Waals surface area contributed by atoms with Crippen molar-refractivity contribution < 1.29 is 14.3 Å². The van der Waals surface area contributed by atoms with Crippen molar-refractivity contribution in [2.75, 3.05) is 30.0 Å². The van der Waals surface area contributed by atoms with Gasteiger partial charge in [-0.3, -0.25) is 9.59 Å². The van der Waals surface area contributed by atoms with Crippen LogP contribution in [0, 0.1) is 0 Å². The SMILES string of the molecule is CCC(C)(C)c1ccc(OCCCC(=O)Nc2ccc(N3N=C(N4CCCC4)[C@H](Sc4nnnn4-c4ccccc4)C3=O)cc2)c(C(C)(C)CC)c1. The third-order valence-electron chi connectivity index (χ3n) is 10.4. The van der Waals surface area contributed by atoms with Gasteiger partial charge in [0.15, 0.2) is 5.25 Å². The third kappa shape index (κ3) is 8.17. The molecule has 3 heterocycles. The number of thioether (sulfide) groups is 1. The minimum atomic E-state index is -0.599. The number of tetrazole rings is 1. The first kappa shape index (κ1) is 37.1. The fourth-order valence-electron chi connectivity index (χ4n) is 6.30. The minimum absolute atomic E-state index is 0.0278. The molecular weight excluding hydrogens is 673 g/mol. The van der Waals surface area contributed by atoms with E-state index in [0.29, 0.717) is 41.8 Å². The Morgan fingerprint density at radius 2 is 1.63 bits per heavy atom. The number of para-hydroxylation sites is 1. The summed E-state index contributed by atoms with van der Waals surface area (Å²) >= 11 is 1.30. The van der Waals surface area contributed by atoms with E-state index >= 15 is 0 Å². The van der Waals surface area contributed by atoms with E-state index < -0.39 is 5.25 Å². The van der Waals surface area contributed by atoms with E-state index in [-0.39, 0.29) is 22.6 Å². The van der Waals surface area contributed by atoms with Crippen molar-refractivity contribution in [1.29, 1.82) is 0 Å². The lowest BCUT2D eigenvalue weighted by atomic mass is 9.76. The standard InChI is InChI=1S/C40H50N8O3S/c1-7-39(3,4)28-18-23-33(32(27-28)40(5,6)8-2)51-26-14-17-34(49)41-29-19-21-31(22-20-29)47-37(50)35(36(43-47)46-24-12-13-25-46)52-38-42-44-45-48(38)30-15-10-9-11-16-30/h9-11,15-16,18-23,27,35H,7-8,12-14,17,24-26H2,1-6H3,(H,41,49)/t35-/m0/s1. The maximum Gasteiger partial charge on any atom is 0.268 e. The van der Waals surface area contributed by atoms with E-state index in [1.807, 2.05) is 42.5 Å². The molecule has 3 aromatic carbocycles. The van der Waals surface area contributed by atoms with Crippen LogP contribution in [0.1, 0.15) is 91.2 Å². The smallest absolute Gasteiger partial charge is 0.268 e. The Morgan fingerprint density at radius 1 is 0.923 bits per heavy atom. The zero-order chi connectivity index (χ0) is 36.9. The van der Waals surface area contributed by atoms with Gasteiger partial charge in [0.25, 0.3) is 5.91 Å². The highest BCUT2D eigenvalue weighted by atomic mass is 32.2.